The molecule has 0 spiro atoms. The molecule has 2 heterocycles. The maximum Gasteiger partial charge on any atom is 0.246 e. The molecule has 4 nitrogen and oxygen atoms in total. The Bertz CT molecular complexity index is 639. The second-order valence-electron chi connectivity index (χ2n) is 7.90. The molecule has 1 saturated carbocycles. The second kappa shape index (κ2) is 7.77. The molecule has 0 radical (unpaired) electrons. The largest absolute Gasteiger partial charge is 0.393 e. The third kappa shape index (κ3) is 4.00. The first-order chi connectivity index (χ1) is 12.0. The number of aryl methyl sites for hydroxylation is 1. The van der Waals surface area contributed by atoms with Crippen LogP contribution in [0.2, 0.25) is 0 Å². The van der Waals surface area contributed by atoms with Gasteiger partial charge in [-0.15, -0.1) is 0 Å². The van der Waals surface area contributed by atoms with Crippen molar-refractivity contribution in [2.24, 2.45) is 5.92 Å². The SMILES string of the molecule is Cc1cc(/C=C/C(=O)N2CCC(C(C)O)C2)c(C)n1C1CCCCC1. The summed E-state index contributed by atoms with van der Waals surface area (Å²) < 4.78 is 2.47. The van der Waals surface area contributed by atoms with Gasteiger partial charge >= 0.3 is 0 Å². The average molecular weight is 344 g/mol. The van der Waals surface area contributed by atoms with Crippen LogP contribution in [-0.4, -0.2) is 39.7 Å². The van der Waals surface area contributed by atoms with Gasteiger partial charge in [-0.1, -0.05) is 19.3 Å². The van der Waals surface area contributed by atoms with Crippen molar-refractivity contribution in [2.45, 2.75) is 71.4 Å². The number of carbonyl (C=O) groups is 1. The topological polar surface area (TPSA) is 45.5 Å². The highest BCUT2D eigenvalue weighted by atomic mass is 16.3. The van der Waals surface area contributed by atoms with Gasteiger partial charge in [0.1, 0.15) is 0 Å². The number of aliphatic hydroxyl groups is 1. The van der Waals surface area contributed by atoms with E-state index in [2.05, 4.69) is 24.5 Å². The summed E-state index contributed by atoms with van der Waals surface area (Å²) in [5, 5.41) is 9.69. The van der Waals surface area contributed by atoms with Crippen LogP contribution in [0.3, 0.4) is 0 Å². The quantitative estimate of drug-likeness (QED) is 0.843. The summed E-state index contributed by atoms with van der Waals surface area (Å²) in [7, 11) is 0. The number of amides is 1. The predicted octanol–water partition coefficient (Wildman–Crippen LogP) is 3.85. The molecule has 1 aliphatic heterocycles. The lowest BCUT2D eigenvalue weighted by molar-refractivity contribution is -0.125. The van der Waals surface area contributed by atoms with Crippen molar-refractivity contribution in [3.05, 3.63) is 29.1 Å². The lowest BCUT2D eigenvalue weighted by Gasteiger charge is -2.26. The number of carbonyl (C=O) groups excluding carboxylic acids is 1. The molecule has 4 heteroatoms. The first-order valence-electron chi connectivity index (χ1n) is 9.81. The summed E-state index contributed by atoms with van der Waals surface area (Å²) in [5.74, 6) is 0.277. The molecule has 25 heavy (non-hydrogen) atoms. The van der Waals surface area contributed by atoms with E-state index in [0.717, 1.165) is 18.5 Å². The van der Waals surface area contributed by atoms with Gasteiger partial charge < -0.3 is 14.6 Å². The standard InChI is InChI=1S/C21H32N2O2/c1-15-13-18(16(2)23(15)20-7-5-4-6-8-20)9-10-21(25)22-12-11-19(14-22)17(3)24/h9-10,13,17,19-20,24H,4-8,11-12,14H2,1-3H3/b10-9+. The molecule has 1 amide bonds. The highest BCUT2D eigenvalue weighted by Crippen LogP contribution is 2.32. The number of hydrogen-bond acceptors (Lipinski definition) is 2. The second-order valence-corrected chi connectivity index (χ2v) is 7.90. The Morgan fingerprint density at radius 3 is 2.60 bits per heavy atom. The van der Waals surface area contributed by atoms with Gasteiger partial charge in [0.2, 0.25) is 5.91 Å². The van der Waals surface area contributed by atoms with Crippen LogP contribution in [-0.2, 0) is 4.79 Å². The number of hydrogen-bond donors (Lipinski definition) is 1. The van der Waals surface area contributed by atoms with Crippen molar-refractivity contribution >= 4 is 12.0 Å². The minimum Gasteiger partial charge on any atom is -0.393 e. The van der Waals surface area contributed by atoms with Crippen LogP contribution < -0.4 is 0 Å². The van der Waals surface area contributed by atoms with Gasteiger partial charge in [-0.05, 0) is 57.7 Å². The summed E-state index contributed by atoms with van der Waals surface area (Å²) in [6.45, 7) is 7.58. The van der Waals surface area contributed by atoms with Crippen LogP contribution in [0, 0.1) is 19.8 Å². The number of rotatable bonds is 4. The van der Waals surface area contributed by atoms with E-state index in [9.17, 15) is 9.90 Å². The van der Waals surface area contributed by atoms with Crippen LogP contribution in [0.1, 0.15) is 68.4 Å². The fraction of sp³-hybridized carbons (Fsp3) is 0.667. The summed E-state index contributed by atoms with van der Waals surface area (Å²) in [6.07, 6.45) is 10.8. The van der Waals surface area contributed by atoms with Crippen molar-refractivity contribution in [3.8, 4) is 0 Å². The van der Waals surface area contributed by atoms with E-state index in [-0.39, 0.29) is 17.9 Å². The molecule has 1 aromatic heterocycles. The van der Waals surface area contributed by atoms with Crippen molar-refractivity contribution in [1.29, 1.82) is 0 Å². The molecular weight excluding hydrogens is 312 g/mol. The van der Waals surface area contributed by atoms with Crippen molar-refractivity contribution in [3.63, 3.8) is 0 Å². The van der Waals surface area contributed by atoms with Gasteiger partial charge in [0.05, 0.1) is 6.10 Å². The predicted molar refractivity (Wildman–Crippen MR) is 101 cm³/mol. The minimum absolute atomic E-state index is 0.0608. The molecule has 2 unspecified atom stereocenters. The Labute approximate surface area is 151 Å². The molecule has 1 aromatic rings. The molecule has 0 bridgehead atoms. The summed E-state index contributed by atoms with van der Waals surface area (Å²) in [5.41, 5.74) is 3.73. The third-order valence-corrected chi connectivity index (χ3v) is 6.09. The van der Waals surface area contributed by atoms with Crippen LogP contribution in [0.15, 0.2) is 12.1 Å². The van der Waals surface area contributed by atoms with Crippen LogP contribution >= 0.6 is 0 Å². The van der Waals surface area contributed by atoms with E-state index in [4.69, 9.17) is 0 Å². The van der Waals surface area contributed by atoms with Crippen molar-refractivity contribution < 1.29 is 9.90 Å². The fourth-order valence-electron chi connectivity index (χ4n) is 4.52. The summed E-state index contributed by atoms with van der Waals surface area (Å²) in [6, 6.07) is 2.83. The van der Waals surface area contributed by atoms with Crippen molar-refractivity contribution in [2.75, 3.05) is 13.1 Å². The summed E-state index contributed by atoms with van der Waals surface area (Å²) in [4.78, 5) is 14.3. The van der Waals surface area contributed by atoms with E-state index in [1.54, 1.807) is 6.08 Å². The Kier molecular flexibility index (Phi) is 5.67. The average Bonchev–Trinajstić information content (AvgIpc) is 3.19. The lowest BCUT2D eigenvalue weighted by atomic mass is 9.95. The highest BCUT2D eigenvalue weighted by molar-refractivity contribution is 5.92. The van der Waals surface area contributed by atoms with Crippen LogP contribution in [0.4, 0.5) is 0 Å². The van der Waals surface area contributed by atoms with E-state index < -0.39 is 0 Å². The Morgan fingerprint density at radius 1 is 1.24 bits per heavy atom. The Balaban J connectivity index is 1.68. The summed E-state index contributed by atoms with van der Waals surface area (Å²) >= 11 is 0. The Hall–Kier alpha value is -1.55. The molecule has 138 valence electrons. The lowest BCUT2D eigenvalue weighted by Crippen LogP contribution is -2.28. The van der Waals surface area contributed by atoms with Gasteiger partial charge in [0.25, 0.3) is 0 Å². The Morgan fingerprint density at radius 2 is 1.96 bits per heavy atom. The molecule has 1 saturated heterocycles. The number of likely N-dealkylation sites (tertiary alicyclic amines) is 1. The van der Waals surface area contributed by atoms with Gasteiger partial charge in [0.15, 0.2) is 0 Å². The van der Waals surface area contributed by atoms with Gasteiger partial charge in [0, 0.05) is 42.5 Å². The van der Waals surface area contributed by atoms with Gasteiger partial charge in [-0.3, -0.25) is 4.79 Å². The van der Waals surface area contributed by atoms with Crippen LogP contribution in [0.25, 0.3) is 6.08 Å². The number of aliphatic hydroxyl groups excluding tert-OH is 1. The molecule has 1 aliphatic carbocycles. The normalized spacial score (nSPS) is 23.5. The van der Waals surface area contributed by atoms with Crippen LogP contribution in [0.5, 0.6) is 0 Å². The van der Waals surface area contributed by atoms with Gasteiger partial charge in [-0.25, -0.2) is 0 Å². The fourth-order valence-corrected chi connectivity index (χ4v) is 4.52. The van der Waals surface area contributed by atoms with E-state index >= 15 is 0 Å². The first kappa shape index (κ1) is 18.2. The number of aromatic nitrogens is 1. The molecule has 3 rings (SSSR count). The van der Waals surface area contributed by atoms with E-state index in [1.807, 2.05) is 17.9 Å². The minimum atomic E-state index is -0.337. The third-order valence-electron chi connectivity index (χ3n) is 6.09. The molecule has 2 atom stereocenters. The monoisotopic (exact) mass is 344 g/mol. The molecule has 1 N–H and O–H groups in total. The van der Waals surface area contributed by atoms with E-state index in [0.29, 0.717) is 12.6 Å². The zero-order valence-corrected chi connectivity index (χ0v) is 15.9. The maximum absolute atomic E-state index is 12.4. The number of nitrogens with zero attached hydrogens (tertiary/aromatic N) is 2. The highest BCUT2D eigenvalue weighted by Gasteiger charge is 2.28. The van der Waals surface area contributed by atoms with Crippen molar-refractivity contribution in [1.82, 2.24) is 9.47 Å². The molecule has 2 aliphatic rings. The smallest absolute Gasteiger partial charge is 0.246 e. The first-order valence-corrected chi connectivity index (χ1v) is 9.81. The maximum atomic E-state index is 12.4. The van der Waals surface area contributed by atoms with E-state index in [1.165, 1.54) is 43.5 Å². The zero-order valence-electron chi connectivity index (χ0n) is 15.9. The molecular formula is C21H32N2O2. The molecule has 2 fully saturated rings. The zero-order chi connectivity index (χ0) is 18.0. The molecule has 0 aromatic carbocycles. The van der Waals surface area contributed by atoms with Gasteiger partial charge in [-0.2, -0.15) is 0 Å².